The van der Waals surface area contributed by atoms with Crippen molar-refractivity contribution >= 4 is 23.2 Å². The second-order valence-corrected chi connectivity index (χ2v) is 11.6. The van der Waals surface area contributed by atoms with E-state index >= 15 is 0 Å². The fourth-order valence-electron chi connectivity index (χ4n) is 3.89. The molecule has 2 aromatic carbocycles. The highest BCUT2D eigenvalue weighted by Crippen LogP contribution is 2.32. The summed E-state index contributed by atoms with van der Waals surface area (Å²) in [6.07, 6.45) is -0.356. The number of oxime groups is 1. The minimum absolute atomic E-state index is 0.0375. The molecule has 2 amide bonds. The van der Waals surface area contributed by atoms with E-state index in [-0.39, 0.29) is 28.1 Å². The molecule has 8 nitrogen and oxygen atoms in total. The molecule has 0 radical (unpaired) electrons. The van der Waals surface area contributed by atoms with Crippen molar-refractivity contribution in [1.82, 2.24) is 5.32 Å². The van der Waals surface area contributed by atoms with Crippen molar-refractivity contribution < 1.29 is 19.2 Å². The van der Waals surface area contributed by atoms with Gasteiger partial charge in [0, 0.05) is 24.2 Å². The average Bonchev–Trinajstić information content (AvgIpc) is 3.31. The normalized spacial score (nSPS) is 15.3. The molecule has 2 aromatic rings. The van der Waals surface area contributed by atoms with Crippen LogP contribution < -0.4 is 15.4 Å². The molecule has 1 heterocycles. The number of ether oxygens (including phenoxy) is 1. The number of hydrogen-bond donors (Lipinski definition) is 2. The third-order valence-corrected chi connectivity index (χ3v) is 6.08. The lowest BCUT2D eigenvalue weighted by atomic mass is 9.84. The van der Waals surface area contributed by atoms with Gasteiger partial charge in [0.05, 0.1) is 23.9 Å². The quantitative estimate of drug-likeness (QED) is 0.570. The van der Waals surface area contributed by atoms with Gasteiger partial charge in [-0.15, -0.1) is 0 Å². The van der Waals surface area contributed by atoms with Gasteiger partial charge in [-0.2, -0.15) is 5.26 Å². The molecule has 0 spiro atoms. The maximum absolute atomic E-state index is 13.3. The van der Waals surface area contributed by atoms with Crippen LogP contribution in [-0.4, -0.2) is 37.3 Å². The molecular formula is C29H36N4O4. The highest BCUT2D eigenvalue weighted by atomic mass is 16.6. The van der Waals surface area contributed by atoms with Gasteiger partial charge >= 0.3 is 0 Å². The molecule has 1 unspecified atom stereocenters. The number of nitriles is 1. The summed E-state index contributed by atoms with van der Waals surface area (Å²) in [6.45, 7) is 14.7. The van der Waals surface area contributed by atoms with Gasteiger partial charge in [-0.05, 0) is 53.1 Å². The Labute approximate surface area is 219 Å². The Bertz CT molecular complexity index is 1280. The number of methoxy groups -OCH3 is 1. The van der Waals surface area contributed by atoms with Crippen molar-refractivity contribution in [1.29, 1.82) is 5.26 Å². The highest BCUT2D eigenvalue weighted by Gasteiger charge is 2.30. The Hall–Kier alpha value is -3.86. The van der Waals surface area contributed by atoms with Gasteiger partial charge < -0.3 is 20.2 Å². The summed E-state index contributed by atoms with van der Waals surface area (Å²) in [5.74, 6) is -0.355. The lowest BCUT2D eigenvalue weighted by Gasteiger charge is -2.22. The summed E-state index contributed by atoms with van der Waals surface area (Å²) in [5.41, 5.74) is 4.06. The maximum Gasteiger partial charge on any atom is 0.264 e. The lowest BCUT2D eigenvalue weighted by Crippen LogP contribution is -2.39. The molecule has 1 atom stereocenters. The zero-order valence-electron chi connectivity index (χ0n) is 22.9. The first kappa shape index (κ1) is 27.7. The summed E-state index contributed by atoms with van der Waals surface area (Å²) in [6, 6.07) is 11.1. The van der Waals surface area contributed by atoms with Crippen LogP contribution in [0, 0.1) is 23.7 Å². The summed E-state index contributed by atoms with van der Waals surface area (Å²) in [7, 11) is 1.44. The third kappa shape index (κ3) is 6.67. The summed E-state index contributed by atoms with van der Waals surface area (Å²) in [4.78, 5) is 31.3. The van der Waals surface area contributed by atoms with Crippen LogP contribution >= 0.6 is 0 Å². The SMILES string of the molecule is COc1c(C#N)cc(C(C)(C)C)cc1C(=O)Nc1ccc(C)c(C2=NOC(C(=O)NCC(C)(C)C)C2)c1. The number of anilines is 1. The van der Waals surface area contributed by atoms with Gasteiger partial charge in [-0.1, -0.05) is 52.8 Å². The Morgan fingerprint density at radius 3 is 2.46 bits per heavy atom. The number of rotatable bonds is 6. The Morgan fingerprint density at radius 1 is 1.16 bits per heavy atom. The Kier molecular flexibility index (Phi) is 7.97. The van der Waals surface area contributed by atoms with E-state index in [9.17, 15) is 14.9 Å². The average molecular weight is 505 g/mol. The first-order chi connectivity index (χ1) is 17.2. The van der Waals surface area contributed by atoms with Crippen molar-refractivity contribution in [2.75, 3.05) is 19.0 Å². The summed E-state index contributed by atoms with van der Waals surface area (Å²) >= 11 is 0. The third-order valence-electron chi connectivity index (χ3n) is 6.08. The van der Waals surface area contributed by atoms with E-state index in [0.717, 1.165) is 16.7 Å². The lowest BCUT2D eigenvalue weighted by molar-refractivity contribution is -0.131. The second kappa shape index (κ2) is 10.6. The van der Waals surface area contributed by atoms with E-state index in [2.05, 4.69) is 21.9 Å². The predicted octanol–water partition coefficient (Wildman–Crippen LogP) is 5.08. The minimum Gasteiger partial charge on any atom is -0.495 e. The van der Waals surface area contributed by atoms with Crippen LogP contribution in [0.15, 0.2) is 35.5 Å². The summed E-state index contributed by atoms with van der Waals surface area (Å²) < 4.78 is 5.44. The van der Waals surface area contributed by atoms with Crippen molar-refractivity contribution in [3.05, 3.63) is 58.1 Å². The first-order valence-corrected chi connectivity index (χ1v) is 12.3. The molecular weight excluding hydrogens is 468 g/mol. The number of aryl methyl sites for hydroxylation is 1. The summed E-state index contributed by atoms with van der Waals surface area (Å²) in [5, 5.41) is 19.6. The van der Waals surface area contributed by atoms with Crippen LogP contribution in [0.1, 0.15) is 80.6 Å². The number of carbonyl (C=O) groups is 2. The van der Waals surface area contributed by atoms with Crippen molar-refractivity contribution in [2.24, 2.45) is 10.6 Å². The Balaban J connectivity index is 1.83. The zero-order chi connectivity index (χ0) is 27.5. The zero-order valence-corrected chi connectivity index (χ0v) is 22.9. The number of nitrogens with one attached hydrogen (secondary N) is 2. The molecule has 3 rings (SSSR count). The smallest absolute Gasteiger partial charge is 0.264 e. The van der Waals surface area contributed by atoms with E-state index in [1.807, 2.05) is 60.6 Å². The van der Waals surface area contributed by atoms with Crippen molar-refractivity contribution in [2.45, 2.75) is 66.4 Å². The number of carbonyl (C=O) groups excluding carboxylic acids is 2. The van der Waals surface area contributed by atoms with Gasteiger partial charge in [0.15, 0.2) is 0 Å². The topological polar surface area (TPSA) is 113 Å². The van der Waals surface area contributed by atoms with E-state index in [1.54, 1.807) is 18.2 Å². The molecule has 8 heteroatoms. The molecule has 0 bridgehead atoms. The van der Waals surface area contributed by atoms with Gasteiger partial charge in [-0.25, -0.2) is 0 Å². The highest BCUT2D eigenvalue weighted by molar-refractivity contribution is 6.09. The molecule has 0 saturated carbocycles. The van der Waals surface area contributed by atoms with Gasteiger partial charge in [0.25, 0.3) is 11.8 Å². The van der Waals surface area contributed by atoms with Gasteiger partial charge in [0.1, 0.15) is 11.8 Å². The van der Waals surface area contributed by atoms with Crippen LogP contribution in [0.2, 0.25) is 0 Å². The molecule has 196 valence electrons. The maximum atomic E-state index is 13.3. The van der Waals surface area contributed by atoms with Gasteiger partial charge in [-0.3, -0.25) is 9.59 Å². The molecule has 0 aromatic heterocycles. The van der Waals surface area contributed by atoms with Crippen LogP contribution in [0.3, 0.4) is 0 Å². The molecule has 1 aliphatic rings. The number of nitrogens with zero attached hydrogens (tertiary/aromatic N) is 2. The number of benzene rings is 2. The van der Waals surface area contributed by atoms with E-state index in [0.29, 0.717) is 29.9 Å². The predicted molar refractivity (Wildman–Crippen MR) is 144 cm³/mol. The minimum atomic E-state index is -0.691. The monoisotopic (exact) mass is 504 g/mol. The number of hydrogen-bond acceptors (Lipinski definition) is 6. The van der Waals surface area contributed by atoms with Crippen LogP contribution in [-0.2, 0) is 15.0 Å². The molecule has 2 N–H and O–H groups in total. The van der Waals surface area contributed by atoms with Crippen molar-refractivity contribution in [3.8, 4) is 11.8 Å². The molecule has 0 fully saturated rings. The largest absolute Gasteiger partial charge is 0.495 e. The standard InChI is InChI=1S/C29H36N4O4/c1-17-9-10-20(13-21(17)23-14-24(37-33-23)27(35)31-16-28(2,3)4)32-26(34)22-12-19(29(5,6)7)11-18(15-30)25(22)36-8/h9-13,24H,14,16H2,1-8H3,(H,31,35)(H,32,34). The first-order valence-electron chi connectivity index (χ1n) is 12.3. The van der Waals surface area contributed by atoms with E-state index in [1.165, 1.54) is 7.11 Å². The fraction of sp³-hybridized carbons (Fsp3) is 0.448. The molecule has 1 aliphatic heterocycles. The molecule has 37 heavy (non-hydrogen) atoms. The van der Waals surface area contributed by atoms with E-state index in [4.69, 9.17) is 9.57 Å². The van der Waals surface area contributed by atoms with Gasteiger partial charge in [0.2, 0.25) is 6.10 Å². The molecule has 0 aliphatic carbocycles. The van der Waals surface area contributed by atoms with Crippen molar-refractivity contribution in [3.63, 3.8) is 0 Å². The second-order valence-electron chi connectivity index (χ2n) is 11.6. The van der Waals surface area contributed by atoms with Crippen LogP contribution in [0.4, 0.5) is 5.69 Å². The Morgan fingerprint density at radius 2 is 1.86 bits per heavy atom. The molecule has 0 saturated heterocycles. The van der Waals surface area contributed by atoms with Crippen LogP contribution in [0.25, 0.3) is 0 Å². The fourth-order valence-corrected chi connectivity index (χ4v) is 3.89. The van der Waals surface area contributed by atoms with E-state index < -0.39 is 12.0 Å². The van der Waals surface area contributed by atoms with Crippen LogP contribution in [0.5, 0.6) is 5.75 Å². The number of amides is 2.